The molecule has 7 heteroatoms. The molecule has 0 radical (unpaired) electrons. The summed E-state index contributed by atoms with van der Waals surface area (Å²) in [6.45, 7) is 2.63. The third-order valence-electron chi connectivity index (χ3n) is 5.39. The maximum atomic E-state index is 12.9. The van der Waals surface area contributed by atoms with E-state index in [1.54, 1.807) is 12.1 Å². The zero-order valence-corrected chi connectivity index (χ0v) is 15.7. The van der Waals surface area contributed by atoms with Crippen molar-refractivity contribution in [2.45, 2.75) is 24.9 Å². The highest BCUT2D eigenvalue weighted by atomic mass is 16.6. The number of piperazine rings is 1. The van der Waals surface area contributed by atoms with Crippen LogP contribution in [0.25, 0.3) is 0 Å². The Morgan fingerprint density at radius 3 is 2.29 bits per heavy atom. The maximum Gasteiger partial charge on any atom is 0.292 e. The number of carbonyl (C=O) groups is 1. The first-order chi connectivity index (χ1) is 13.6. The summed E-state index contributed by atoms with van der Waals surface area (Å²) in [6, 6.07) is 16.7. The third kappa shape index (κ3) is 3.99. The topological polar surface area (TPSA) is 78.7 Å². The van der Waals surface area contributed by atoms with Gasteiger partial charge in [-0.25, -0.2) is 0 Å². The summed E-state index contributed by atoms with van der Waals surface area (Å²) in [5.41, 5.74) is 1.76. The van der Waals surface area contributed by atoms with Crippen molar-refractivity contribution < 1.29 is 9.72 Å². The van der Waals surface area contributed by atoms with Gasteiger partial charge in [-0.05, 0) is 24.5 Å². The minimum Gasteiger partial charge on any atom is -0.363 e. The third-order valence-corrected chi connectivity index (χ3v) is 5.39. The zero-order chi connectivity index (χ0) is 19.5. The molecule has 0 spiro atoms. The molecule has 0 bridgehead atoms. The first-order valence-electron chi connectivity index (χ1n) is 9.71. The van der Waals surface area contributed by atoms with E-state index in [0.29, 0.717) is 37.9 Å². The lowest BCUT2D eigenvalue weighted by molar-refractivity contribution is -0.384. The van der Waals surface area contributed by atoms with Crippen LogP contribution in [0.1, 0.15) is 24.4 Å². The van der Waals surface area contributed by atoms with Crippen molar-refractivity contribution in [2.24, 2.45) is 0 Å². The molecule has 2 aromatic carbocycles. The van der Waals surface area contributed by atoms with Crippen molar-refractivity contribution in [1.82, 2.24) is 10.2 Å². The highest BCUT2D eigenvalue weighted by molar-refractivity contribution is 5.83. The van der Waals surface area contributed by atoms with Crippen LogP contribution < -0.4 is 10.2 Å². The lowest BCUT2D eigenvalue weighted by atomic mass is 10.0. The Morgan fingerprint density at radius 1 is 1.00 bits per heavy atom. The number of nitrogens with zero attached hydrogens (tertiary/aromatic N) is 3. The lowest BCUT2D eigenvalue weighted by Crippen LogP contribution is -2.51. The van der Waals surface area contributed by atoms with Gasteiger partial charge in [0.1, 0.15) is 11.7 Å². The summed E-state index contributed by atoms with van der Waals surface area (Å²) in [5, 5.41) is 14.5. The van der Waals surface area contributed by atoms with Gasteiger partial charge in [0.2, 0.25) is 5.91 Å². The van der Waals surface area contributed by atoms with Gasteiger partial charge in [0.25, 0.3) is 5.69 Å². The molecular weight excluding hydrogens is 356 g/mol. The molecular formula is C21H24N4O3. The first kappa shape index (κ1) is 18.4. The molecule has 1 aliphatic heterocycles. The fourth-order valence-corrected chi connectivity index (χ4v) is 3.78. The van der Waals surface area contributed by atoms with E-state index in [2.05, 4.69) is 10.2 Å². The normalized spacial score (nSPS) is 18.5. The van der Waals surface area contributed by atoms with Gasteiger partial charge < -0.3 is 10.2 Å². The molecule has 1 atom stereocenters. The van der Waals surface area contributed by atoms with Crippen LogP contribution in [0.5, 0.6) is 0 Å². The number of para-hydroxylation sites is 2. The van der Waals surface area contributed by atoms with Crippen molar-refractivity contribution in [1.29, 1.82) is 0 Å². The molecule has 146 valence electrons. The number of nitro benzene ring substituents is 1. The second kappa shape index (κ2) is 7.98. The van der Waals surface area contributed by atoms with Crippen LogP contribution in [0.4, 0.5) is 11.4 Å². The number of carbonyl (C=O) groups excluding carboxylic acids is 1. The Hall–Kier alpha value is -2.93. The number of amides is 1. The van der Waals surface area contributed by atoms with Crippen molar-refractivity contribution in [2.75, 3.05) is 31.1 Å². The van der Waals surface area contributed by atoms with Crippen LogP contribution in [0.3, 0.4) is 0 Å². The molecule has 1 unspecified atom stereocenters. The molecule has 28 heavy (non-hydrogen) atoms. The summed E-state index contributed by atoms with van der Waals surface area (Å²) in [6.07, 6.45) is 2.11. The Balaban J connectivity index is 1.50. The van der Waals surface area contributed by atoms with Crippen molar-refractivity contribution in [3.05, 3.63) is 70.3 Å². The summed E-state index contributed by atoms with van der Waals surface area (Å²) in [7, 11) is 0. The van der Waals surface area contributed by atoms with Crippen LogP contribution in [-0.2, 0) is 4.79 Å². The molecule has 0 aromatic heterocycles. The average Bonchev–Trinajstić information content (AvgIpc) is 3.53. The summed E-state index contributed by atoms with van der Waals surface area (Å²) in [5.74, 6) is 0.0489. The molecule has 2 fully saturated rings. The van der Waals surface area contributed by atoms with Crippen molar-refractivity contribution in [3.8, 4) is 0 Å². The quantitative estimate of drug-likeness (QED) is 0.616. The monoisotopic (exact) mass is 380 g/mol. The SMILES string of the molecule is O=C(NC1CC1)C(c1ccccc1)N1CCN(c2ccccc2[N+](=O)[O-])CC1. The van der Waals surface area contributed by atoms with Crippen LogP contribution in [0, 0.1) is 10.1 Å². The smallest absolute Gasteiger partial charge is 0.292 e. The Kier molecular flexibility index (Phi) is 5.25. The van der Waals surface area contributed by atoms with E-state index in [9.17, 15) is 14.9 Å². The fraction of sp³-hybridized carbons (Fsp3) is 0.381. The second-order valence-corrected chi connectivity index (χ2v) is 7.36. The molecule has 2 aliphatic rings. The molecule has 2 aromatic rings. The van der Waals surface area contributed by atoms with Gasteiger partial charge in [0, 0.05) is 38.3 Å². The van der Waals surface area contributed by atoms with E-state index in [-0.39, 0.29) is 22.6 Å². The van der Waals surface area contributed by atoms with Gasteiger partial charge in [0.05, 0.1) is 4.92 Å². The highest BCUT2D eigenvalue weighted by Crippen LogP contribution is 2.31. The number of hydrogen-bond donors (Lipinski definition) is 1. The molecule has 1 saturated carbocycles. The number of benzene rings is 2. The zero-order valence-electron chi connectivity index (χ0n) is 15.7. The second-order valence-electron chi connectivity index (χ2n) is 7.36. The average molecular weight is 380 g/mol. The summed E-state index contributed by atoms with van der Waals surface area (Å²) >= 11 is 0. The molecule has 1 N–H and O–H groups in total. The van der Waals surface area contributed by atoms with Crippen molar-refractivity contribution >= 4 is 17.3 Å². The molecule has 4 rings (SSSR count). The largest absolute Gasteiger partial charge is 0.363 e. The first-order valence-corrected chi connectivity index (χ1v) is 9.71. The van der Waals surface area contributed by atoms with Gasteiger partial charge in [-0.1, -0.05) is 42.5 Å². The van der Waals surface area contributed by atoms with Gasteiger partial charge in [0.15, 0.2) is 0 Å². The van der Waals surface area contributed by atoms with E-state index in [1.807, 2.05) is 41.3 Å². The van der Waals surface area contributed by atoms with Crippen LogP contribution in [0.15, 0.2) is 54.6 Å². The van der Waals surface area contributed by atoms with E-state index in [0.717, 1.165) is 18.4 Å². The van der Waals surface area contributed by atoms with E-state index < -0.39 is 0 Å². The Morgan fingerprint density at radius 2 is 1.64 bits per heavy atom. The standard InChI is InChI=1S/C21H24N4O3/c26-21(22-17-10-11-17)20(16-6-2-1-3-7-16)24-14-12-23(13-15-24)18-8-4-5-9-19(18)25(27)28/h1-9,17,20H,10-15H2,(H,22,26). The van der Waals surface area contributed by atoms with Crippen LogP contribution in [0.2, 0.25) is 0 Å². The highest BCUT2D eigenvalue weighted by Gasteiger charge is 2.34. The van der Waals surface area contributed by atoms with E-state index in [4.69, 9.17) is 0 Å². The number of rotatable bonds is 6. The maximum absolute atomic E-state index is 12.9. The van der Waals surface area contributed by atoms with E-state index >= 15 is 0 Å². The number of hydrogen-bond acceptors (Lipinski definition) is 5. The van der Waals surface area contributed by atoms with Gasteiger partial charge in [-0.15, -0.1) is 0 Å². The van der Waals surface area contributed by atoms with E-state index in [1.165, 1.54) is 6.07 Å². The predicted octanol–water partition coefficient (Wildman–Crippen LogP) is 2.74. The molecule has 1 amide bonds. The Labute approximate surface area is 164 Å². The van der Waals surface area contributed by atoms with Gasteiger partial charge >= 0.3 is 0 Å². The minimum absolute atomic E-state index is 0.0489. The van der Waals surface area contributed by atoms with Crippen molar-refractivity contribution in [3.63, 3.8) is 0 Å². The van der Waals surface area contributed by atoms with Crippen LogP contribution >= 0.6 is 0 Å². The number of nitrogens with one attached hydrogen (secondary N) is 1. The molecule has 1 saturated heterocycles. The van der Waals surface area contributed by atoms with Gasteiger partial charge in [-0.3, -0.25) is 19.8 Å². The molecule has 7 nitrogen and oxygen atoms in total. The molecule has 1 heterocycles. The predicted molar refractivity (Wildman–Crippen MR) is 107 cm³/mol. The fourth-order valence-electron chi connectivity index (χ4n) is 3.78. The van der Waals surface area contributed by atoms with Gasteiger partial charge in [-0.2, -0.15) is 0 Å². The summed E-state index contributed by atoms with van der Waals surface area (Å²) in [4.78, 5) is 28.1. The van der Waals surface area contributed by atoms with Crippen LogP contribution in [-0.4, -0.2) is 48.0 Å². The lowest BCUT2D eigenvalue weighted by Gasteiger charge is -2.39. The number of anilines is 1. The number of nitro groups is 1. The Bertz CT molecular complexity index is 846. The molecule has 1 aliphatic carbocycles. The summed E-state index contributed by atoms with van der Waals surface area (Å²) < 4.78 is 0. The minimum atomic E-state index is -0.336.